The molecule has 1 heterocycles. The van der Waals surface area contributed by atoms with E-state index in [4.69, 9.17) is 0 Å². The van der Waals surface area contributed by atoms with Crippen molar-refractivity contribution in [3.05, 3.63) is 55.6 Å². The van der Waals surface area contributed by atoms with Gasteiger partial charge >= 0.3 is 0 Å². The minimum absolute atomic E-state index is 0.0542. The minimum atomic E-state index is -0.0542. The molecule has 0 saturated carbocycles. The molecule has 0 fully saturated rings. The Bertz CT molecular complexity index is 640. The number of hydrogen-bond donors (Lipinski definition) is 1. The third-order valence-corrected chi connectivity index (χ3v) is 4.30. The summed E-state index contributed by atoms with van der Waals surface area (Å²) in [5, 5.41) is 3.27. The van der Waals surface area contributed by atoms with E-state index < -0.39 is 0 Å². The van der Waals surface area contributed by atoms with Gasteiger partial charge in [-0.25, -0.2) is 4.98 Å². The normalized spacial score (nSPS) is 10.5. The second kappa shape index (κ2) is 6.34. The van der Waals surface area contributed by atoms with Crippen molar-refractivity contribution in [1.82, 2.24) is 9.55 Å². The van der Waals surface area contributed by atoms with E-state index >= 15 is 0 Å². The lowest BCUT2D eigenvalue weighted by atomic mass is 10.3. The number of aromatic nitrogens is 2. The fraction of sp³-hybridized carbons (Fsp3) is 0.231. The molecule has 4 nitrogen and oxygen atoms in total. The van der Waals surface area contributed by atoms with Crippen LogP contribution in [0.2, 0.25) is 0 Å². The van der Waals surface area contributed by atoms with Crippen LogP contribution in [0, 0.1) is 6.92 Å². The van der Waals surface area contributed by atoms with Crippen LogP contribution in [0.1, 0.15) is 5.69 Å². The van der Waals surface area contributed by atoms with Crippen LogP contribution in [0.3, 0.4) is 0 Å². The molecule has 0 unspecified atom stereocenters. The van der Waals surface area contributed by atoms with Gasteiger partial charge in [-0.05, 0) is 50.9 Å². The zero-order valence-corrected chi connectivity index (χ0v) is 13.5. The Morgan fingerprint density at radius 1 is 1.32 bits per heavy atom. The number of rotatable bonds is 4. The van der Waals surface area contributed by atoms with Crippen LogP contribution in [-0.2, 0) is 6.54 Å². The molecular weight excluding hydrogens is 374 g/mol. The molecule has 6 heteroatoms. The van der Waals surface area contributed by atoms with Crippen LogP contribution in [0.15, 0.2) is 44.3 Å². The molecule has 0 aliphatic carbocycles. The number of hydrogen-bond acceptors (Lipinski definition) is 3. The van der Waals surface area contributed by atoms with Gasteiger partial charge in [-0.1, -0.05) is 12.1 Å². The van der Waals surface area contributed by atoms with Gasteiger partial charge in [-0.15, -0.1) is 0 Å². The Labute approximate surface area is 128 Å². The van der Waals surface area contributed by atoms with Gasteiger partial charge in [0.1, 0.15) is 4.47 Å². The summed E-state index contributed by atoms with van der Waals surface area (Å²) >= 11 is 6.72. The van der Waals surface area contributed by atoms with Gasteiger partial charge in [0.05, 0.1) is 12.0 Å². The molecule has 0 spiro atoms. The van der Waals surface area contributed by atoms with Crippen molar-refractivity contribution in [3.8, 4) is 0 Å². The summed E-state index contributed by atoms with van der Waals surface area (Å²) in [5.74, 6) is 0. The zero-order chi connectivity index (χ0) is 13.8. The average molecular weight is 387 g/mol. The molecule has 2 aromatic rings. The van der Waals surface area contributed by atoms with Gasteiger partial charge in [0.15, 0.2) is 0 Å². The molecule has 0 radical (unpaired) electrons. The first-order valence-corrected chi connectivity index (χ1v) is 7.38. The molecule has 0 saturated heterocycles. The Morgan fingerprint density at radius 2 is 2.05 bits per heavy atom. The molecule has 0 aliphatic rings. The largest absolute Gasteiger partial charge is 0.382 e. The predicted molar refractivity (Wildman–Crippen MR) is 83.6 cm³/mol. The Balaban J connectivity index is 2.03. The van der Waals surface area contributed by atoms with Crippen molar-refractivity contribution in [1.29, 1.82) is 0 Å². The summed E-state index contributed by atoms with van der Waals surface area (Å²) in [4.78, 5) is 16.1. The second-order valence-electron chi connectivity index (χ2n) is 4.05. The third-order valence-electron chi connectivity index (χ3n) is 2.70. The average Bonchev–Trinajstić information content (AvgIpc) is 2.41. The number of aryl methyl sites for hydroxylation is 1. The quantitative estimate of drug-likeness (QED) is 0.877. The Kier molecular flexibility index (Phi) is 4.76. The first-order chi connectivity index (χ1) is 9.09. The van der Waals surface area contributed by atoms with E-state index in [1.54, 1.807) is 17.8 Å². The SMILES string of the molecule is Cc1ncn(CCNc2ccccc2Br)c(=O)c1Br. The molecule has 0 bridgehead atoms. The van der Waals surface area contributed by atoms with Gasteiger partial charge in [0.2, 0.25) is 0 Å². The summed E-state index contributed by atoms with van der Waals surface area (Å²) in [6.07, 6.45) is 1.57. The van der Waals surface area contributed by atoms with E-state index in [1.807, 2.05) is 24.3 Å². The van der Waals surface area contributed by atoms with E-state index in [9.17, 15) is 4.79 Å². The fourth-order valence-corrected chi connectivity index (χ4v) is 2.38. The van der Waals surface area contributed by atoms with Crippen molar-refractivity contribution in [3.63, 3.8) is 0 Å². The van der Waals surface area contributed by atoms with Gasteiger partial charge in [0.25, 0.3) is 5.56 Å². The van der Waals surface area contributed by atoms with Crippen molar-refractivity contribution in [2.45, 2.75) is 13.5 Å². The van der Waals surface area contributed by atoms with Crippen molar-refractivity contribution < 1.29 is 0 Å². The summed E-state index contributed by atoms with van der Waals surface area (Å²) in [6, 6.07) is 7.87. The number of anilines is 1. The van der Waals surface area contributed by atoms with E-state index in [-0.39, 0.29) is 5.56 Å². The third kappa shape index (κ3) is 3.45. The summed E-state index contributed by atoms with van der Waals surface area (Å²) in [6.45, 7) is 3.01. The van der Waals surface area contributed by atoms with Crippen LogP contribution in [0.25, 0.3) is 0 Å². The lowest BCUT2D eigenvalue weighted by molar-refractivity contribution is 0.672. The number of nitrogens with zero attached hydrogens (tertiary/aromatic N) is 2. The Hall–Kier alpha value is -1.14. The molecule has 0 aliphatic heterocycles. The lowest BCUT2D eigenvalue weighted by Crippen LogP contribution is -2.25. The molecule has 1 N–H and O–H groups in total. The summed E-state index contributed by atoms with van der Waals surface area (Å²) < 4.78 is 3.11. The van der Waals surface area contributed by atoms with E-state index in [1.165, 1.54) is 0 Å². The van der Waals surface area contributed by atoms with Crippen molar-refractivity contribution >= 4 is 37.5 Å². The van der Waals surface area contributed by atoms with Crippen LogP contribution in [-0.4, -0.2) is 16.1 Å². The fourth-order valence-electron chi connectivity index (χ4n) is 1.62. The molecule has 1 aromatic heterocycles. The summed E-state index contributed by atoms with van der Waals surface area (Å²) in [7, 11) is 0. The highest BCUT2D eigenvalue weighted by molar-refractivity contribution is 9.10. The topological polar surface area (TPSA) is 46.9 Å². The molecule has 100 valence electrons. The Morgan fingerprint density at radius 3 is 2.79 bits per heavy atom. The monoisotopic (exact) mass is 385 g/mol. The predicted octanol–water partition coefficient (Wildman–Crippen LogP) is 3.19. The second-order valence-corrected chi connectivity index (χ2v) is 5.70. The molecular formula is C13H13Br2N3O. The van der Waals surface area contributed by atoms with E-state index in [2.05, 4.69) is 42.2 Å². The van der Waals surface area contributed by atoms with E-state index in [0.29, 0.717) is 23.3 Å². The highest BCUT2D eigenvalue weighted by Gasteiger charge is 2.05. The minimum Gasteiger partial charge on any atom is -0.382 e. The van der Waals surface area contributed by atoms with Gasteiger partial charge in [-0.3, -0.25) is 9.36 Å². The number of nitrogens with one attached hydrogen (secondary N) is 1. The zero-order valence-electron chi connectivity index (χ0n) is 10.4. The van der Waals surface area contributed by atoms with Crippen molar-refractivity contribution in [2.24, 2.45) is 0 Å². The lowest BCUT2D eigenvalue weighted by Gasteiger charge is -2.10. The first-order valence-electron chi connectivity index (χ1n) is 5.79. The molecule has 2 rings (SSSR count). The maximum Gasteiger partial charge on any atom is 0.267 e. The highest BCUT2D eigenvalue weighted by atomic mass is 79.9. The molecule has 0 amide bonds. The van der Waals surface area contributed by atoms with Crippen LogP contribution >= 0.6 is 31.9 Å². The van der Waals surface area contributed by atoms with E-state index in [0.717, 1.165) is 10.2 Å². The van der Waals surface area contributed by atoms with Crippen molar-refractivity contribution in [2.75, 3.05) is 11.9 Å². The van der Waals surface area contributed by atoms with Crippen LogP contribution < -0.4 is 10.9 Å². The van der Waals surface area contributed by atoms with Gasteiger partial charge in [0, 0.05) is 23.2 Å². The maximum absolute atomic E-state index is 11.9. The van der Waals surface area contributed by atoms with Crippen LogP contribution in [0.5, 0.6) is 0 Å². The summed E-state index contributed by atoms with van der Waals surface area (Å²) in [5.41, 5.74) is 1.66. The standard InChI is InChI=1S/C13H13Br2N3O/c1-9-12(15)13(19)18(8-17-9)7-6-16-11-5-3-2-4-10(11)14/h2-5,8,16H,6-7H2,1H3. The maximum atomic E-state index is 11.9. The highest BCUT2D eigenvalue weighted by Crippen LogP contribution is 2.20. The molecule has 19 heavy (non-hydrogen) atoms. The molecule has 1 aromatic carbocycles. The van der Waals surface area contributed by atoms with Gasteiger partial charge < -0.3 is 5.32 Å². The van der Waals surface area contributed by atoms with Gasteiger partial charge in [-0.2, -0.15) is 0 Å². The number of para-hydroxylation sites is 1. The van der Waals surface area contributed by atoms with Crippen LogP contribution in [0.4, 0.5) is 5.69 Å². The smallest absolute Gasteiger partial charge is 0.267 e. The number of benzene rings is 1. The first kappa shape index (κ1) is 14.3. The number of halogens is 2. The molecule has 0 atom stereocenters.